The predicted molar refractivity (Wildman–Crippen MR) is 94.0 cm³/mol. The van der Waals surface area contributed by atoms with E-state index in [1.54, 1.807) is 30.3 Å². The van der Waals surface area contributed by atoms with Crippen molar-refractivity contribution in [2.24, 2.45) is 9.98 Å². The van der Waals surface area contributed by atoms with E-state index in [1.165, 1.54) is 0 Å². The zero-order valence-electron chi connectivity index (χ0n) is 15.6. The Bertz CT molecular complexity index is 945. The number of aliphatic hydroxyl groups excluding tert-OH is 1. The summed E-state index contributed by atoms with van der Waals surface area (Å²) in [4.78, 5) is 16.5. The number of alkyl halides is 5. The van der Waals surface area contributed by atoms with Crippen LogP contribution in [0, 0.1) is 0 Å². The quantitative estimate of drug-likeness (QED) is 0.738. The van der Waals surface area contributed by atoms with Crippen molar-refractivity contribution in [3.8, 4) is 0 Å². The van der Waals surface area contributed by atoms with E-state index in [-0.39, 0.29) is 12.6 Å². The zero-order chi connectivity index (χ0) is 21.0. The van der Waals surface area contributed by atoms with E-state index in [9.17, 15) is 27.1 Å². The number of halogens is 5. The lowest BCUT2D eigenvalue weighted by Crippen LogP contribution is -2.48. The Labute approximate surface area is 163 Å². The van der Waals surface area contributed by atoms with Gasteiger partial charge in [-0.05, 0) is 19.4 Å². The molecule has 1 saturated heterocycles. The molecule has 1 unspecified atom stereocenters. The Kier molecular flexibility index (Phi) is 4.85. The first-order chi connectivity index (χ1) is 13.6. The highest BCUT2D eigenvalue weighted by atomic mass is 19.4. The number of nitrogens with zero attached hydrogens (tertiary/aromatic N) is 5. The Hall–Kier alpha value is -2.14. The SMILES string of the molecule is C[C@@H](O)C1N=c2cnc3c(c2N1[C@H]1CCN(CCC(F)(F)C(F)(F)F)C1)C=CN=3. The van der Waals surface area contributed by atoms with Crippen molar-refractivity contribution in [1.29, 1.82) is 0 Å². The summed E-state index contributed by atoms with van der Waals surface area (Å²) < 4.78 is 63.8. The summed E-state index contributed by atoms with van der Waals surface area (Å²) in [7, 11) is 0. The third kappa shape index (κ3) is 3.50. The second kappa shape index (κ2) is 6.98. The average Bonchev–Trinajstić information content (AvgIpc) is 3.34. The number of fused-ring (bicyclic) bond motifs is 3. The number of hydrogen-bond acceptors (Lipinski definition) is 6. The van der Waals surface area contributed by atoms with Crippen molar-refractivity contribution in [1.82, 2.24) is 9.88 Å². The van der Waals surface area contributed by atoms with Crippen LogP contribution in [-0.2, 0) is 0 Å². The van der Waals surface area contributed by atoms with Crippen LogP contribution in [0.25, 0.3) is 6.08 Å². The summed E-state index contributed by atoms with van der Waals surface area (Å²) in [6.45, 7) is 1.95. The third-order valence-corrected chi connectivity index (χ3v) is 5.53. The summed E-state index contributed by atoms with van der Waals surface area (Å²) in [6, 6.07) is -0.181. The minimum Gasteiger partial charge on any atom is -0.389 e. The molecule has 1 N–H and O–H groups in total. The Morgan fingerprint density at radius 3 is 2.72 bits per heavy atom. The van der Waals surface area contributed by atoms with Crippen molar-refractivity contribution in [3.63, 3.8) is 0 Å². The van der Waals surface area contributed by atoms with E-state index < -0.39 is 30.8 Å². The lowest BCUT2D eigenvalue weighted by molar-refractivity contribution is -0.284. The Balaban J connectivity index is 1.53. The fraction of sp³-hybridized carbons (Fsp3) is 0.611. The van der Waals surface area contributed by atoms with Gasteiger partial charge in [0.05, 0.1) is 18.0 Å². The van der Waals surface area contributed by atoms with Crippen molar-refractivity contribution in [3.05, 3.63) is 28.8 Å². The van der Waals surface area contributed by atoms with Crippen LogP contribution in [0.2, 0.25) is 0 Å². The van der Waals surface area contributed by atoms with Crippen LogP contribution in [0.4, 0.5) is 27.6 Å². The molecule has 1 aromatic heterocycles. The van der Waals surface area contributed by atoms with E-state index in [2.05, 4.69) is 15.0 Å². The topological polar surface area (TPSA) is 64.3 Å². The molecular weight excluding hydrogens is 397 g/mol. The van der Waals surface area contributed by atoms with Crippen LogP contribution in [-0.4, -0.2) is 65.0 Å². The van der Waals surface area contributed by atoms with Crippen LogP contribution < -0.4 is 15.7 Å². The number of likely N-dealkylation sites (tertiary alicyclic amines) is 1. The molecule has 4 rings (SSSR count). The number of anilines is 1. The first-order valence-corrected chi connectivity index (χ1v) is 9.33. The van der Waals surface area contributed by atoms with Crippen LogP contribution in [0.1, 0.15) is 25.3 Å². The van der Waals surface area contributed by atoms with Gasteiger partial charge in [0, 0.05) is 43.9 Å². The number of pyridine rings is 1. The predicted octanol–water partition coefficient (Wildman–Crippen LogP) is 1.49. The van der Waals surface area contributed by atoms with Gasteiger partial charge in [-0.1, -0.05) is 0 Å². The van der Waals surface area contributed by atoms with Gasteiger partial charge in [-0.15, -0.1) is 0 Å². The van der Waals surface area contributed by atoms with Crippen LogP contribution in [0.15, 0.2) is 22.4 Å². The molecule has 0 amide bonds. The van der Waals surface area contributed by atoms with Crippen molar-refractivity contribution < 1.29 is 27.1 Å². The molecule has 1 fully saturated rings. The van der Waals surface area contributed by atoms with Gasteiger partial charge in [-0.3, -0.25) is 4.99 Å². The molecule has 0 radical (unpaired) electrons. The molecule has 3 atom stereocenters. The summed E-state index contributed by atoms with van der Waals surface area (Å²) in [5, 5.41) is 10.8. The fourth-order valence-electron chi connectivity index (χ4n) is 4.06. The third-order valence-electron chi connectivity index (χ3n) is 5.53. The minimum atomic E-state index is -5.54. The van der Waals surface area contributed by atoms with Gasteiger partial charge < -0.3 is 14.9 Å². The van der Waals surface area contributed by atoms with Crippen molar-refractivity contribution in [2.45, 2.75) is 50.2 Å². The molecule has 3 aliphatic rings. The summed E-state index contributed by atoms with van der Waals surface area (Å²) in [5.74, 6) is -4.71. The molecule has 0 aliphatic carbocycles. The molecule has 6 nitrogen and oxygen atoms in total. The van der Waals surface area contributed by atoms with E-state index in [4.69, 9.17) is 0 Å². The van der Waals surface area contributed by atoms with Gasteiger partial charge in [0.25, 0.3) is 0 Å². The van der Waals surface area contributed by atoms with Gasteiger partial charge in [0.2, 0.25) is 0 Å². The second-order valence-electron chi connectivity index (χ2n) is 7.56. The van der Waals surface area contributed by atoms with Crippen LogP contribution in [0.5, 0.6) is 0 Å². The van der Waals surface area contributed by atoms with E-state index in [0.717, 1.165) is 11.3 Å². The largest absolute Gasteiger partial charge is 0.453 e. The molecule has 4 heterocycles. The maximum atomic E-state index is 13.3. The fourth-order valence-corrected chi connectivity index (χ4v) is 4.06. The molecule has 158 valence electrons. The molecule has 0 aromatic carbocycles. The number of rotatable bonds is 5. The van der Waals surface area contributed by atoms with Gasteiger partial charge in [0.15, 0.2) is 5.49 Å². The highest BCUT2D eigenvalue weighted by molar-refractivity contribution is 5.70. The number of aliphatic hydroxyl groups is 1. The van der Waals surface area contributed by atoms with E-state index in [1.807, 2.05) is 4.90 Å². The standard InChI is InChI=1S/C18H20F5N5O/c1-10(29)16-26-13-8-25-15-12(2-5-24-15)14(13)28(16)11-3-6-27(9-11)7-4-17(19,20)18(21,22)23/h2,5,8,10-11,16,29H,3-4,6-7,9H2,1H3/t10-,11+,16?/m1/s1. The lowest BCUT2D eigenvalue weighted by atomic mass is 10.1. The molecule has 11 heteroatoms. The number of hydrogen-bond donors (Lipinski definition) is 1. The highest BCUT2D eigenvalue weighted by Gasteiger charge is 2.57. The van der Waals surface area contributed by atoms with Gasteiger partial charge >= 0.3 is 12.1 Å². The zero-order valence-corrected chi connectivity index (χ0v) is 15.6. The molecule has 29 heavy (non-hydrogen) atoms. The van der Waals surface area contributed by atoms with Crippen LogP contribution in [0.3, 0.4) is 0 Å². The second-order valence-corrected chi connectivity index (χ2v) is 7.56. The van der Waals surface area contributed by atoms with Gasteiger partial charge in [-0.25, -0.2) is 9.98 Å². The summed E-state index contributed by atoms with van der Waals surface area (Å²) in [6.07, 6.45) is -2.64. The maximum Gasteiger partial charge on any atom is 0.453 e. The first kappa shape index (κ1) is 20.1. The molecule has 1 aromatic rings. The van der Waals surface area contributed by atoms with E-state index >= 15 is 0 Å². The van der Waals surface area contributed by atoms with Gasteiger partial charge in [0.1, 0.15) is 11.5 Å². The Morgan fingerprint density at radius 1 is 1.28 bits per heavy atom. The lowest BCUT2D eigenvalue weighted by Gasteiger charge is -2.34. The molecule has 3 aliphatic heterocycles. The molecular formula is C18H20F5N5O. The average molecular weight is 417 g/mol. The monoisotopic (exact) mass is 417 g/mol. The molecule has 0 spiro atoms. The smallest absolute Gasteiger partial charge is 0.389 e. The molecule has 0 bridgehead atoms. The normalized spacial score (nSPS) is 25.0. The molecule has 0 saturated carbocycles. The van der Waals surface area contributed by atoms with Gasteiger partial charge in [-0.2, -0.15) is 22.0 Å². The van der Waals surface area contributed by atoms with E-state index in [0.29, 0.717) is 30.4 Å². The minimum absolute atomic E-state index is 0.181. The maximum absolute atomic E-state index is 13.3. The first-order valence-electron chi connectivity index (χ1n) is 9.33. The summed E-state index contributed by atoms with van der Waals surface area (Å²) >= 11 is 0. The number of aromatic nitrogens is 1. The Morgan fingerprint density at radius 2 is 2.03 bits per heavy atom. The highest BCUT2D eigenvalue weighted by Crippen LogP contribution is 2.38. The van der Waals surface area contributed by atoms with Crippen LogP contribution >= 0.6 is 0 Å². The summed E-state index contributed by atoms with van der Waals surface area (Å²) in [5.41, 5.74) is 2.08. The van der Waals surface area contributed by atoms with Crippen molar-refractivity contribution >= 4 is 11.8 Å². The van der Waals surface area contributed by atoms with Crippen molar-refractivity contribution in [2.75, 3.05) is 24.5 Å².